The Labute approximate surface area is 120 Å². The van der Waals surface area contributed by atoms with Gasteiger partial charge in [0.05, 0.1) is 0 Å². The molecule has 1 nitrogen and oxygen atoms in total. The molecule has 0 fully saturated rings. The minimum atomic E-state index is 0.230. The Bertz CT molecular complexity index is 528. The Morgan fingerprint density at radius 3 is 2.47 bits per heavy atom. The molecule has 0 spiro atoms. The SMILES string of the molecule is CC(C)(C)NCCCSc1ccc2ccccc2c1. The van der Waals surface area contributed by atoms with Gasteiger partial charge in [-0.05, 0) is 62.4 Å². The lowest BCUT2D eigenvalue weighted by Gasteiger charge is -2.20. The van der Waals surface area contributed by atoms with Crippen molar-refractivity contribution in [3.05, 3.63) is 42.5 Å². The van der Waals surface area contributed by atoms with Crippen molar-refractivity contribution in [2.75, 3.05) is 12.3 Å². The third-order valence-electron chi connectivity index (χ3n) is 2.97. The summed E-state index contributed by atoms with van der Waals surface area (Å²) in [5, 5.41) is 6.18. The predicted octanol–water partition coefficient (Wildman–Crippen LogP) is 4.71. The molecular weight excluding hydrogens is 250 g/mol. The maximum Gasteiger partial charge on any atom is 0.00965 e. The fourth-order valence-corrected chi connectivity index (χ4v) is 2.88. The van der Waals surface area contributed by atoms with Crippen LogP contribution in [0.25, 0.3) is 10.8 Å². The van der Waals surface area contributed by atoms with E-state index in [0.717, 1.165) is 6.54 Å². The Hall–Kier alpha value is -0.990. The van der Waals surface area contributed by atoms with Crippen LogP contribution in [0.15, 0.2) is 47.4 Å². The highest BCUT2D eigenvalue weighted by molar-refractivity contribution is 7.99. The van der Waals surface area contributed by atoms with Gasteiger partial charge in [-0.3, -0.25) is 0 Å². The molecule has 0 heterocycles. The highest BCUT2D eigenvalue weighted by Crippen LogP contribution is 2.23. The van der Waals surface area contributed by atoms with Gasteiger partial charge in [0.1, 0.15) is 0 Å². The first-order chi connectivity index (χ1) is 9.04. The number of thioether (sulfide) groups is 1. The van der Waals surface area contributed by atoms with Crippen molar-refractivity contribution in [1.82, 2.24) is 5.32 Å². The zero-order chi connectivity index (χ0) is 13.7. The minimum absolute atomic E-state index is 0.230. The van der Waals surface area contributed by atoms with Crippen LogP contribution in [0.4, 0.5) is 0 Å². The topological polar surface area (TPSA) is 12.0 Å². The lowest BCUT2D eigenvalue weighted by molar-refractivity contribution is 0.427. The van der Waals surface area contributed by atoms with Gasteiger partial charge in [0.25, 0.3) is 0 Å². The van der Waals surface area contributed by atoms with Crippen LogP contribution in [0.1, 0.15) is 27.2 Å². The second-order valence-corrected chi connectivity index (χ2v) is 7.06. The van der Waals surface area contributed by atoms with Crippen LogP contribution in [-0.2, 0) is 0 Å². The van der Waals surface area contributed by atoms with E-state index in [-0.39, 0.29) is 5.54 Å². The number of rotatable bonds is 5. The first-order valence-electron chi connectivity index (χ1n) is 6.91. The minimum Gasteiger partial charge on any atom is -0.312 e. The van der Waals surface area contributed by atoms with Crippen molar-refractivity contribution in [3.63, 3.8) is 0 Å². The number of hydrogen-bond donors (Lipinski definition) is 1. The summed E-state index contributed by atoms with van der Waals surface area (Å²) in [5.74, 6) is 1.17. The molecule has 0 bridgehead atoms. The highest BCUT2D eigenvalue weighted by atomic mass is 32.2. The van der Waals surface area contributed by atoms with Crippen molar-refractivity contribution in [3.8, 4) is 0 Å². The average molecular weight is 273 g/mol. The van der Waals surface area contributed by atoms with Crippen molar-refractivity contribution >= 4 is 22.5 Å². The lowest BCUT2D eigenvalue weighted by atomic mass is 10.1. The van der Waals surface area contributed by atoms with E-state index >= 15 is 0 Å². The van der Waals surface area contributed by atoms with Crippen molar-refractivity contribution in [2.24, 2.45) is 0 Å². The molecule has 0 unspecified atom stereocenters. The molecule has 0 aliphatic rings. The summed E-state index contributed by atoms with van der Waals surface area (Å²) in [6, 6.07) is 15.3. The van der Waals surface area contributed by atoms with E-state index in [1.165, 1.54) is 27.8 Å². The van der Waals surface area contributed by atoms with Gasteiger partial charge >= 0.3 is 0 Å². The fourth-order valence-electron chi connectivity index (χ4n) is 1.98. The fraction of sp³-hybridized carbons (Fsp3) is 0.412. The summed E-state index contributed by atoms with van der Waals surface area (Å²) >= 11 is 1.95. The zero-order valence-electron chi connectivity index (χ0n) is 12.1. The van der Waals surface area contributed by atoms with Gasteiger partial charge in [0.15, 0.2) is 0 Å². The van der Waals surface area contributed by atoms with E-state index in [1.807, 2.05) is 11.8 Å². The number of nitrogens with one attached hydrogen (secondary N) is 1. The molecule has 0 amide bonds. The molecule has 102 valence electrons. The molecule has 0 saturated carbocycles. The first-order valence-corrected chi connectivity index (χ1v) is 7.90. The molecule has 2 heteroatoms. The summed E-state index contributed by atoms with van der Waals surface area (Å²) in [5.41, 5.74) is 0.230. The predicted molar refractivity (Wildman–Crippen MR) is 87.0 cm³/mol. The molecule has 2 aromatic rings. The third-order valence-corrected chi connectivity index (χ3v) is 4.05. The van der Waals surface area contributed by atoms with Crippen LogP contribution in [0, 0.1) is 0 Å². The van der Waals surface area contributed by atoms with E-state index in [0.29, 0.717) is 0 Å². The lowest BCUT2D eigenvalue weighted by Crippen LogP contribution is -2.36. The molecule has 0 aromatic heterocycles. The number of benzene rings is 2. The summed E-state index contributed by atoms with van der Waals surface area (Å²) in [6.07, 6.45) is 1.20. The monoisotopic (exact) mass is 273 g/mol. The summed E-state index contributed by atoms with van der Waals surface area (Å²) in [6.45, 7) is 7.72. The van der Waals surface area contributed by atoms with Crippen molar-refractivity contribution in [2.45, 2.75) is 37.6 Å². The second-order valence-electron chi connectivity index (χ2n) is 5.89. The molecule has 0 aliphatic heterocycles. The summed E-state index contributed by atoms with van der Waals surface area (Å²) in [4.78, 5) is 1.37. The van der Waals surface area contributed by atoms with Crippen LogP contribution >= 0.6 is 11.8 Å². The smallest absolute Gasteiger partial charge is 0.00965 e. The largest absolute Gasteiger partial charge is 0.312 e. The third kappa shape index (κ3) is 4.88. The van der Waals surface area contributed by atoms with Crippen LogP contribution < -0.4 is 5.32 Å². The normalized spacial score (nSPS) is 11.9. The van der Waals surface area contributed by atoms with E-state index in [4.69, 9.17) is 0 Å². The Balaban J connectivity index is 1.82. The van der Waals surface area contributed by atoms with E-state index in [1.54, 1.807) is 0 Å². The molecule has 0 saturated heterocycles. The second kappa shape index (κ2) is 6.44. The molecule has 2 aromatic carbocycles. The molecule has 0 radical (unpaired) electrons. The highest BCUT2D eigenvalue weighted by Gasteiger charge is 2.07. The van der Waals surface area contributed by atoms with Gasteiger partial charge < -0.3 is 5.32 Å². The summed E-state index contributed by atoms with van der Waals surface area (Å²) in [7, 11) is 0. The maximum absolute atomic E-state index is 3.52. The molecular formula is C17H23NS. The quantitative estimate of drug-likeness (QED) is 0.625. The van der Waals surface area contributed by atoms with Crippen molar-refractivity contribution in [1.29, 1.82) is 0 Å². The van der Waals surface area contributed by atoms with Crippen LogP contribution in [0.3, 0.4) is 0 Å². The maximum atomic E-state index is 3.52. The van der Waals surface area contributed by atoms with Crippen LogP contribution in [0.2, 0.25) is 0 Å². The standard InChI is InChI=1S/C17H23NS/c1-17(2,3)18-11-6-12-19-16-10-9-14-7-4-5-8-15(14)13-16/h4-5,7-10,13,18H,6,11-12H2,1-3H3. The van der Waals surface area contributed by atoms with Gasteiger partial charge in [-0.1, -0.05) is 30.3 Å². The van der Waals surface area contributed by atoms with Gasteiger partial charge in [0, 0.05) is 10.4 Å². The van der Waals surface area contributed by atoms with E-state index in [9.17, 15) is 0 Å². The molecule has 19 heavy (non-hydrogen) atoms. The van der Waals surface area contributed by atoms with Gasteiger partial charge in [-0.2, -0.15) is 0 Å². The van der Waals surface area contributed by atoms with Crippen LogP contribution in [0.5, 0.6) is 0 Å². The summed E-state index contributed by atoms with van der Waals surface area (Å²) < 4.78 is 0. The van der Waals surface area contributed by atoms with Crippen molar-refractivity contribution < 1.29 is 0 Å². The van der Waals surface area contributed by atoms with Gasteiger partial charge in [-0.15, -0.1) is 11.8 Å². The Kier molecular flexibility index (Phi) is 4.89. The van der Waals surface area contributed by atoms with Gasteiger partial charge in [0.2, 0.25) is 0 Å². The number of hydrogen-bond acceptors (Lipinski definition) is 2. The first kappa shape index (κ1) is 14.4. The molecule has 2 rings (SSSR count). The van der Waals surface area contributed by atoms with Gasteiger partial charge in [-0.25, -0.2) is 0 Å². The zero-order valence-corrected chi connectivity index (χ0v) is 12.9. The Morgan fingerprint density at radius 2 is 1.74 bits per heavy atom. The van der Waals surface area contributed by atoms with E-state index in [2.05, 4.69) is 68.6 Å². The molecule has 1 N–H and O–H groups in total. The van der Waals surface area contributed by atoms with Crippen LogP contribution in [-0.4, -0.2) is 17.8 Å². The number of fused-ring (bicyclic) bond motifs is 1. The average Bonchev–Trinajstić information content (AvgIpc) is 2.37. The molecule has 0 aliphatic carbocycles. The Morgan fingerprint density at radius 1 is 1.00 bits per heavy atom. The molecule has 0 atom stereocenters. The van der Waals surface area contributed by atoms with E-state index < -0.39 is 0 Å².